The van der Waals surface area contributed by atoms with Crippen molar-refractivity contribution in [3.05, 3.63) is 23.8 Å². The molecule has 0 bridgehead atoms. The van der Waals surface area contributed by atoms with Crippen LogP contribution in [0.15, 0.2) is 18.2 Å². The largest absolute Gasteiger partial charge is 0.504 e. The van der Waals surface area contributed by atoms with E-state index in [1.165, 1.54) is 12.1 Å². The van der Waals surface area contributed by atoms with Crippen molar-refractivity contribution in [1.29, 1.82) is 0 Å². The fourth-order valence-electron chi connectivity index (χ4n) is 2.39. The fraction of sp³-hybridized carbons (Fsp3) is 0.600. The fourth-order valence-corrected chi connectivity index (χ4v) is 2.39. The SMILES string of the molecule is OCCCc1ccc(OC2OC(CO)C(O)C(O)C2O)c(O)c1. The summed E-state index contributed by atoms with van der Waals surface area (Å²) in [5.41, 5.74) is 0.803. The molecule has 23 heavy (non-hydrogen) atoms. The second-order valence-electron chi connectivity index (χ2n) is 5.44. The predicted octanol–water partition coefficient (Wildman–Crippen LogP) is -1.50. The van der Waals surface area contributed by atoms with E-state index in [0.29, 0.717) is 12.8 Å². The zero-order valence-corrected chi connectivity index (χ0v) is 12.4. The van der Waals surface area contributed by atoms with Gasteiger partial charge in [0, 0.05) is 6.61 Å². The van der Waals surface area contributed by atoms with Gasteiger partial charge in [0.25, 0.3) is 0 Å². The normalized spacial score (nSPS) is 31.1. The van der Waals surface area contributed by atoms with Crippen molar-refractivity contribution >= 4 is 0 Å². The molecule has 1 fully saturated rings. The van der Waals surface area contributed by atoms with Crippen LogP contribution >= 0.6 is 0 Å². The van der Waals surface area contributed by atoms with E-state index in [1.807, 2.05) is 0 Å². The van der Waals surface area contributed by atoms with Crippen molar-refractivity contribution in [1.82, 2.24) is 0 Å². The highest BCUT2D eigenvalue weighted by Crippen LogP contribution is 2.31. The van der Waals surface area contributed by atoms with Crippen LogP contribution in [0.1, 0.15) is 12.0 Å². The van der Waals surface area contributed by atoms with Crippen molar-refractivity contribution in [2.75, 3.05) is 13.2 Å². The maximum absolute atomic E-state index is 9.96. The van der Waals surface area contributed by atoms with Crippen molar-refractivity contribution in [2.45, 2.75) is 43.5 Å². The molecule has 8 heteroatoms. The number of aliphatic hydroxyl groups excluding tert-OH is 5. The lowest BCUT2D eigenvalue weighted by atomic mass is 9.99. The van der Waals surface area contributed by atoms with Gasteiger partial charge in [-0.1, -0.05) is 6.07 Å². The topological polar surface area (TPSA) is 140 Å². The Hall–Kier alpha value is -1.42. The Morgan fingerprint density at radius 2 is 1.78 bits per heavy atom. The minimum absolute atomic E-state index is 0.0297. The Balaban J connectivity index is 2.08. The van der Waals surface area contributed by atoms with Crippen LogP contribution in [0.5, 0.6) is 11.5 Å². The van der Waals surface area contributed by atoms with Crippen LogP contribution in [-0.2, 0) is 11.2 Å². The van der Waals surface area contributed by atoms with Gasteiger partial charge in [0.15, 0.2) is 11.5 Å². The number of benzene rings is 1. The van der Waals surface area contributed by atoms with Crippen LogP contribution in [0.3, 0.4) is 0 Å². The molecule has 1 saturated heterocycles. The molecule has 5 atom stereocenters. The van der Waals surface area contributed by atoms with Crippen molar-refractivity contribution < 1.29 is 40.1 Å². The highest BCUT2D eigenvalue weighted by atomic mass is 16.7. The molecule has 0 saturated carbocycles. The summed E-state index contributed by atoms with van der Waals surface area (Å²) in [6, 6.07) is 4.63. The molecule has 1 aliphatic rings. The van der Waals surface area contributed by atoms with Crippen LogP contribution in [0.2, 0.25) is 0 Å². The number of aliphatic hydroxyl groups is 5. The summed E-state index contributed by atoms with van der Waals surface area (Å²) in [6.45, 7) is -0.513. The molecular formula is C15H22O8. The minimum atomic E-state index is -1.54. The van der Waals surface area contributed by atoms with E-state index < -0.39 is 37.3 Å². The van der Waals surface area contributed by atoms with E-state index in [0.717, 1.165) is 5.56 Å². The molecule has 0 aliphatic carbocycles. The molecule has 0 aromatic heterocycles. The summed E-state index contributed by atoms with van der Waals surface area (Å²) in [4.78, 5) is 0. The van der Waals surface area contributed by atoms with E-state index >= 15 is 0 Å². The van der Waals surface area contributed by atoms with Gasteiger partial charge in [0.2, 0.25) is 6.29 Å². The first-order chi connectivity index (χ1) is 11.0. The molecule has 0 radical (unpaired) electrons. The van der Waals surface area contributed by atoms with Gasteiger partial charge in [0.1, 0.15) is 24.4 Å². The van der Waals surface area contributed by atoms with Crippen LogP contribution < -0.4 is 4.74 Å². The first-order valence-electron chi connectivity index (χ1n) is 7.38. The molecule has 1 aromatic rings. The maximum Gasteiger partial charge on any atom is 0.229 e. The Kier molecular flexibility index (Phi) is 6.17. The van der Waals surface area contributed by atoms with Gasteiger partial charge in [0.05, 0.1) is 6.61 Å². The maximum atomic E-state index is 9.96. The summed E-state index contributed by atoms with van der Waals surface area (Å²) in [6.07, 6.45) is -5.83. The van der Waals surface area contributed by atoms with Crippen molar-refractivity contribution in [3.63, 3.8) is 0 Å². The summed E-state index contributed by atoms with van der Waals surface area (Å²) < 4.78 is 10.6. The standard InChI is InChI=1S/C15H22O8/c16-5-1-2-8-3-4-10(9(18)6-8)22-15-14(21)13(20)12(19)11(7-17)23-15/h3-4,6,11-21H,1-2,5,7H2. The average Bonchev–Trinajstić information content (AvgIpc) is 2.55. The van der Waals surface area contributed by atoms with Crippen molar-refractivity contribution in [3.8, 4) is 11.5 Å². The number of rotatable bonds is 6. The number of phenolic OH excluding ortho intramolecular Hbond substituents is 1. The minimum Gasteiger partial charge on any atom is -0.504 e. The second-order valence-corrected chi connectivity index (χ2v) is 5.44. The number of hydrogen-bond donors (Lipinski definition) is 6. The lowest BCUT2D eigenvalue weighted by Gasteiger charge is -2.39. The molecule has 1 aromatic carbocycles. The van der Waals surface area contributed by atoms with Crippen LogP contribution in [0.4, 0.5) is 0 Å². The van der Waals surface area contributed by atoms with E-state index in [-0.39, 0.29) is 18.1 Å². The lowest BCUT2D eigenvalue weighted by molar-refractivity contribution is -0.277. The van der Waals surface area contributed by atoms with E-state index in [9.17, 15) is 20.4 Å². The molecule has 1 heterocycles. The van der Waals surface area contributed by atoms with Gasteiger partial charge in [-0.05, 0) is 30.5 Å². The first kappa shape index (κ1) is 17.9. The third-order valence-corrected chi connectivity index (χ3v) is 3.74. The smallest absolute Gasteiger partial charge is 0.229 e. The molecule has 5 unspecified atom stereocenters. The molecule has 8 nitrogen and oxygen atoms in total. The summed E-state index contributed by atoms with van der Waals surface area (Å²) >= 11 is 0. The molecule has 0 spiro atoms. The average molecular weight is 330 g/mol. The molecule has 2 rings (SSSR count). The van der Waals surface area contributed by atoms with Gasteiger partial charge >= 0.3 is 0 Å². The number of aromatic hydroxyl groups is 1. The monoisotopic (exact) mass is 330 g/mol. The third kappa shape index (κ3) is 4.11. The zero-order valence-electron chi connectivity index (χ0n) is 12.4. The number of phenols is 1. The molecule has 130 valence electrons. The van der Waals surface area contributed by atoms with Gasteiger partial charge in [-0.15, -0.1) is 0 Å². The Bertz CT molecular complexity index is 506. The van der Waals surface area contributed by atoms with E-state index in [2.05, 4.69) is 0 Å². The highest BCUT2D eigenvalue weighted by Gasteiger charge is 2.44. The van der Waals surface area contributed by atoms with Gasteiger partial charge in [-0.3, -0.25) is 0 Å². The number of hydrogen-bond acceptors (Lipinski definition) is 8. The molecule has 1 aliphatic heterocycles. The van der Waals surface area contributed by atoms with E-state index in [1.54, 1.807) is 6.07 Å². The number of ether oxygens (including phenoxy) is 2. The predicted molar refractivity (Wildman–Crippen MR) is 77.9 cm³/mol. The van der Waals surface area contributed by atoms with Gasteiger partial charge in [-0.2, -0.15) is 0 Å². The van der Waals surface area contributed by atoms with Crippen LogP contribution in [0.25, 0.3) is 0 Å². The van der Waals surface area contributed by atoms with Crippen molar-refractivity contribution in [2.24, 2.45) is 0 Å². The molecule has 6 N–H and O–H groups in total. The van der Waals surface area contributed by atoms with Crippen LogP contribution in [-0.4, -0.2) is 74.6 Å². The second kappa shape index (κ2) is 7.91. The summed E-state index contributed by atoms with van der Waals surface area (Å²) in [5.74, 6) is -0.153. The Morgan fingerprint density at radius 3 is 2.39 bits per heavy atom. The van der Waals surface area contributed by atoms with E-state index in [4.69, 9.17) is 19.7 Å². The summed E-state index contributed by atoms with van der Waals surface area (Å²) in [7, 11) is 0. The van der Waals surface area contributed by atoms with Gasteiger partial charge in [-0.25, -0.2) is 0 Å². The summed E-state index contributed by atoms with van der Waals surface area (Å²) in [5, 5.41) is 57.2. The molecule has 0 amide bonds. The first-order valence-corrected chi connectivity index (χ1v) is 7.38. The molecular weight excluding hydrogens is 308 g/mol. The zero-order chi connectivity index (χ0) is 17.0. The Labute approximate surface area is 133 Å². The third-order valence-electron chi connectivity index (χ3n) is 3.74. The van der Waals surface area contributed by atoms with Crippen LogP contribution in [0, 0.1) is 0 Å². The lowest BCUT2D eigenvalue weighted by Crippen LogP contribution is -2.60. The van der Waals surface area contributed by atoms with Gasteiger partial charge < -0.3 is 40.1 Å². The Morgan fingerprint density at radius 1 is 1.04 bits per heavy atom. The highest BCUT2D eigenvalue weighted by molar-refractivity contribution is 5.42. The number of aryl methyl sites for hydroxylation is 1. The quantitative estimate of drug-likeness (QED) is 0.370.